The minimum absolute atomic E-state index is 0.246. The summed E-state index contributed by atoms with van der Waals surface area (Å²) in [5, 5.41) is 3.07. The number of pyridine rings is 2. The van der Waals surface area contributed by atoms with Gasteiger partial charge in [-0.3, -0.25) is 9.20 Å². The average molecular weight is 315 g/mol. The fourth-order valence-corrected chi connectivity index (χ4v) is 2.51. The van der Waals surface area contributed by atoms with Crippen molar-refractivity contribution in [3.8, 4) is 0 Å². The molecule has 5 nitrogen and oxygen atoms in total. The van der Waals surface area contributed by atoms with E-state index in [0.717, 1.165) is 16.9 Å². The molecule has 0 aliphatic carbocycles. The number of hydrogen-bond acceptors (Lipinski definition) is 3. The van der Waals surface area contributed by atoms with Crippen LogP contribution in [0.1, 0.15) is 28.7 Å². The van der Waals surface area contributed by atoms with E-state index in [1.54, 1.807) is 18.3 Å². The zero-order chi connectivity index (χ0) is 15.7. The van der Waals surface area contributed by atoms with Crippen LogP contribution in [0.3, 0.4) is 0 Å². The lowest BCUT2D eigenvalue weighted by Crippen LogP contribution is -2.16. The Morgan fingerprint density at radius 1 is 1.36 bits per heavy atom. The Morgan fingerprint density at radius 3 is 2.91 bits per heavy atom. The number of amides is 1. The van der Waals surface area contributed by atoms with Gasteiger partial charge < -0.3 is 5.32 Å². The van der Waals surface area contributed by atoms with Crippen LogP contribution in [0.25, 0.3) is 5.65 Å². The second kappa shape index (κ2) is 5.77. The van der Waals surface area contributed by atoms with Crippen molar-refractivity contribution in [2.24, 2.45) is 0 Å². The molecule has 0 aliphatic heterocycles. The van der Waals surface area contributed by atoms with Crippen LogP contribution >= 0.6 is 11.6 Å². The molecule has 3 aromatic rings. The molecule has 0 aliphatic rings. The predicted octanol–water partition coefficient (Wildman–Crippen LogP) is 3.51. The fourth-order valence-electron chi connectivity index (χ4n) is 2.35. The Balaban J connectivity index is 2.06. The molecule has 0 aromatic carbocycles. The molecule has 0 spiro atoms. The topological polar surface area (TPSA) is 59.3 Å². The Morgan fingerprint density at radius 2 is 2.18 bits per heavy atom. The van der Waals surface area contributed by atoms with Gasteiger partial charge in [-0.05, 0) is 37.1 Å². The van der Waals surface area contributed by atoms with Gasteiger partial charge >= 0.3 is 0 Å². The van der Waals surface area contributed by atoms with Crippen molar-refractivity contribution >= 4 is 28.8 Å². The maximum Gasteiger partial charge on any atom is 0.274 e. The number of hydrogen-bond donors (Lipinski definition) is 1. The molecule has 3 rings (SSSR count). The van der Waals surface area contributed by atoms with Crippen molar-refractivity contribution in [1.82, 2.24) is 14.4 Å². The van der Waals surface area contributed by atoms with Crippen LogP contribution in [0.2, 0.25) is 5.15 Å². The zero-order valence-corrected chi connectivity index (χ0v) is 13.1. The normalized spacial score (nSPS) is 10.9. The quantitative estimate of drug-likeness (QED) is 0.753. The molecule has 1 amide bonds. The van der Waals surface area contributed by atoms with Gasteiger partial charge in [0, 0.05) is 12.4 Å². The lowest BCUT2D eigenvalue weighted by Gasteiger charge is -2.08. The highest BCUT2D eigenvalue weighted by Crippen LogP contribution is 2.21. The van der Waals surface area contributed by atoms with Crippen LogP contribution in [0.15, 0.2) is 36.7 Å². The molecule has 0 atom stereocenters. The SMILES string of the molecule is CCc1nc2ccc(C)cn2c1C(=O)Nc1cccnc1Cl. The summed E-state index contributed by atoms with van der Waals surface area (Å²) in [5.74, 6) is -0.246. The maximum absolute atomic E-state index is 12.7. The summed E-state index contributed by atoms with van der Waals surface area (Å²) in [5.41, 5.74) is 3.58. The van der Waals surface area contributed by atoms with Crippen molar-refractivity contribution in [3.63, 3.8) is 0 Å². The first-order chi connectivity index (χ1) is 10.6. The summed E-state index contributed by atoms with van der Waals surface area (Å²) >= 11 is 6.00. The van der Waals surface area contributed by atoms with E-state index in [1.807, 2.05) is 36.6 Å². The number of rotatable bonds is 3. The summed E-state index contributed by atoms with van der Waals surface area (Å²) in [6, 6.07) is 7.32. The van der Waals surface area contributed by atoms with Gasteiger partial charge in [-0.15, -0.1) is 0 Å². The number of anilines is 1. The number of nitrogens with zero attached hydrogens (tertiary/aromatic N) is 3. The monoisotopic (exact) mass is 314 g/mol. The highest BCUT2D eigenvalue weighted by molar-refractivity contribution is 6.32. The Hall–Kier alpha value is -2.40. The van der Waals surface area contributed by atoms with Gasteiger partial charge in [0.25, 0.3) is 5.91 Å². The van der Waals surface area contributed by atoms with E-state index in [9.17, 15) is 4.79 Å². The third-order valence-corrected chi connectivity index (χ3v) is 3.70. The molecule has 22 heavy (non-hydrogen) atoms. The van der Waals surface area contributed by atoms with E-state index in [-0.39, 0.29) is 11.1 Å². The molecule has 0 saturated carbocycles. The van der Waals surface area contributed by atoms with Crippen molar-refractivity contribution in [2.45, 2.75) is 20.3 Å². The lowest BCUT2D eigenvalue weighted by molar-refractivity contribution is 0.102. The molecular formula is C16H15ClN4O. The Labute approximate surface area is 133 Å². The molecule has 1 N–H and O–H groups in total. The molecule has 0 bridgehead atoms. The van der Waals surface area contributed by atoms with Crippen LogP contribution < -0.4 is 5.32 Å². The minimum atomic E-state index is -0.246. The van der Waals surface area contributed by atoms with Gasteiger partial charge in [0.05, 0.1) is 11.4 Å². The van der Waals surface area contributed by atoms with Crippen LogP contribution in [-0.4, -0.2) is 20.3 Å². The largest absolute Gasteiger partial charge is 0.318 e. The van der Waals surface area contributed by atoms with Crippen molar-refractivity contribution in [2.75, 3.05) is 5.32 Å². The second-order valence-electron chi connectivity index (χ2n) is 4.99. The van der Waals surface area contributed by atoms with Crippen LogP contribution in [0, 0.1) is 6.92 Å². The second-order valence-corrected chi connectivity index (χ2v) is 5.35. The molecular weight excluding hydrogens is 300 g/mol. The summed E-state index contributed by atoms with van der Waals surface area (Å²) in [6.07, 6.45) is 4.15. The maximum atomic E-state index is 12.7. The third kappa shape index (κ3) is 2.55. The van der Waals surface area contributed by atoms with Crippen molar-refractivity contribution in [1.29, 1.82) is 0 Å². The van der Waals surface area contributed by atoms with Crippen LogP contribution in [0.4, 0.5) is 5.69 Å². The van der Waals surface area contributed by atoms with Gasteiger partial charge in [0.2, 0.25) is 0 Å². The summed E-state index contributed by atoms with van der Waals surface area (Å²) < 4.78 is 1.81. The van der Waals surface area contributed by atoms with E-state index in [1.165, 1.54) is 0 Å². The molecule has 0 saturated heterocycles. The smallest absolute Gasteiger partial charge is 0.274 e. The van der Waals surface area contributed by atoms with Crippen LogP contribution in [-0.2, 0) is 6.42 Å². The van der Waals surface area contributed by atoms with Gasteiger partial charge in [-0.2, -0.15) is 0 Å². The number of nitrogens with one attached hydrogen (secondary N) is 1. The molecule has 3 heterocycles. The molecule has 6 heteroatoms. The number of carbonyl (C=O) groups excluding carboxylic acids is 1. The number of aryl methyl sites for hydroxylation is 2. The first kappa shape index (κ1) is 14.5. The molecule has 3 aromatic heterocycles. The standard InChI is InChI=1S/C16H15ClN4O/c1-3-11-14(21-9-10(2)6-7-13(21)19-11)16(22)20-12-5-4-8-18-15(12)17/h4-9H,3H2,1-2H3,(H,20,22). The average Bonchev–Trinajstić information content (AvgIpc) is 2.87. The highest BCUT2D eigenvalue weighted by atomic mass is 35.5. The number of aromatic nitrogens is 3. The van der Waals surface area contributed by atoms with Gasteiger partial charge in [-0.1, -0.05) is 24.6 Å². The van der Waals surface area contributed by atoms with Crippen molar-refractivity contribution in [3.05, 3.63) is 58.8 Å². The van der Waals surface area contributed by atoms with E-state index in [4.69, 9.17) is 11.6 Å². The zero-order valence-electron chi connectivity index (χ0n) is 12.3. The van der Waals surface area contributed by atoms with Gasteiger partial charge in [0.15, 0.2) is 5.15 Å². The van der Waals surface area contributed by atoms with E-state index in [2.05, 4.69) is 15.3 Å². The number of halogens is 1. The molecule has 0 unspecified atom stereocenters. The van der Waals surface area contributed by atoms with E-state index < -0.39 is 0 Å². The predicted molar refractivity (Wildman–Crippen MR) is 86.5 cm³/mol. The fraction of sp³-hybridized carbons (Fsp3) is 0.188. The Bertz CT molecular complexity index is 856. The lowest BCUT2D eigenvalue weighted by atomic mass is 10.2. The Kier molecular flexibility index (Phi) is 3.81. The van der Waals surface area contributed by atoms with Gasteiger partial charge in [-0.25, -0.2) is 9.97 Å². The number of fused-ring (bicyclic) bond motifs is 1. The van der Waals surface area contributed by atoms with Gasteiger partial charge in [0.1, 0.15) is 11.3 Å². The summed E-state index contributed by atoms with van der Waals surface area (Å²) in [4.78, 5) is 21.1. The highest BCUT2D eigenvalue weighted by Gasteiger charge is 2.19. The van der Waals surface area contributed by atoms with Crippen LogP contribution in [0.5, 0.6) is 0 Å². The minimum Gasteiger partial charge on any atom is -0.318 e. The molecule has 0 fully saturated rings. The van der Waals surface area contributed by atoms with Crippen molar-refractivity contribution < 1.29 is 4.79 Å². The van der Waals surface area contributed by atoms with E-state index in [0.29, 0.717) is 17.8 Å². The molecule has 0 radical (unpaired) electrons. The number of imidazole rings is 1. The number of carbonyl (C=O) groups is 1. The van der Waals surface area contributed by atoms with E-state index >= 15 is 0 Å². The summed E-state index contributed by atoms with van der Waals surface area (Å²) in [7, 11) is 0. The first-order valence-electron chi connectivity index (χ1n) is 6.99. The molecule has 112 valence electrons. The third-order valence-electron chi connectivity index (χ3n) is 3.40. The summed E-state index contributed by atoms with van der Waals surface area (Å²) in [6.45, 7) is 3.95. The first-order valence-corrected chi connectivity index (χ1v) is 7.37.